The molecule has 6 N–H and O–H groups in total. The van der Waals surface area contributed by atoms with E-state index < -0.39 is 48.2 Å². The van der Waals surface area contributed by atoms with Crippen LogP contribution in [0.5, 0.6) is 0 Å². The highest BCUT2D eigenvalue weighted by molar-refractivity contribution is 7.07. The Morgan fingerprint density at radius 2 is 1.89 bits per heavy atom. The van der Waals surface area contributed by atoms with Crippen molar-refractivity contribution in [1.29, 1.82) is 0 Å². The molecule has 1 saturated heterocycles. The number of anilines is 1. The topological polar surface area (TPSA) is 216 Å². The first-order valence-corrected chi connectivity index (χ1v) is 15.1. The number of aliphatic hydroxyl groups is 2. The van der Waals surface area contributed by atoms with E-state index in [4.69, 9.17) is 26.8 Å². The maximum absolute atomic E-state index is 13.0. The molecule has 4 atom stereocenters. The Kier molecular flexibility index (Phi) is 8.00. The Morgan fingerprint density at radius 1 is 1.15 bits per heavy atom. The molecular weight excluding hydrogens is 640 g/mol. The normalized spacial score (nSPS) is 22.6. The fourth-order valence-corrected chi connectivity index (χ4v) is 6.36. The lowest BCUT2D eigenvalue weighted by atomic mass is 9.88. The largest absolute Gasteiger partial charge is 0.479 e. The predicted molar refractivity (Wildman–Crippen MR) is 165 cm³/mol. The highest BCUT2D eigenvalue weighted by Crippen LogP contribution is 2.42. The minimum atomic E-state index is -2.13. The fraction of sp³-hybridized carbons (Fsp3) is 0.267. The summed E-state index contributed by atoms with van der Waals surface area (Å²) in [4.78, 5) is 41.1. The molecule has 238 valence electrons. The van der Waals surface area contributed by atoms with E-state index in [1.807, 2.05) is 0 Å². The van der Waals surface area contributed by atoms with E-state index in [1.54, 1.807) is 47.8 Å². The second kappa shape index (κ2) is 11.7. The number of nitrogens with zero attached hydrogens (tertiary/aromatic N) is 5. The quantitative estimate of drug-likeness (QED) is 0.136. The van der Waals surface area contributed by atoms with Crippen LogP contribution in [0.3, 0.4) is 0 Å². The molecule has 5 aromatic rings. The first-order chi connectivity index (χ1) is 21.9. The van der Waals surface area contributed by atoms with Crippen molar-refractivity contribution in [1.82, 2.24) is 24.5 Å². The third-order valence-electron chi connectivity index (χ3n) is 8.27. The van der Waals surface area contributed by atoms with Crippen LogP contribution >= 0.6 is 22.9 Å². The number of nitrogen functional groups attached to an aromatic ring is 1. The van der Waals surface area contributed by atoms with Crippen molar-refractivity contribution < 1.29 is 39.5 Å². The second-order valence-corrected chi connectivity index (χ2v) is 12.0. The number of fused-ring (bicyclic) bond motifs is 1. The summed E-state index contributed by atoms with van der Waals surface area (Å²) in [6, 6.07) is 13.3. The van der Waals surface area contributed by atoms with Crippen molar-refractivity contribution in [3.63, 3.8) is 0 Å². The molecule has 16 heteroatoms. The van der Waals surface area contributed by atoms with Crippen molar-refractivity contribution in [3.05, 3.63) is 87.9 Å². The van der Waals surface area contributed by atoms with Crippen LogP contribution in [0, 0.1) is 0 Å². The Bertz CT molecular complexity index is 1940. The minimum Gasteiger partial charge on any atom is -0.479 e. The molecular formula is C30H27ClN6O8S. The summed E-state index contributed by atoms with van der Waals surface area (Å²) in [6.07, 6.45) is -0.174. The van der Waals surface area contributed by atoms with Crippen LogP contribution in [-0.4, -0.2) is 81.8 Å². The molecule has 0 saturated carbocycles. The molecule has 14 nitrogen and oxygen atoms in total. The van der Waals surface area contributed by atoms with E-state index in [2.05, 4.69) is 19.9 Å². The van der Waals surface area contributed by atoms with Gasteiger partial charge < -0.3 is 35.6 Å². The minimum absolute atomic E-state index is 0.0237. The molecule has 1 unspecified atom stereocenters. The summed E-state index contributed by atoms with van der Waals surface area (Å²) in [5.74, 6) is -2.43. The molecule has 0 aliphatic carbocycles. The van der Waals surface area contributed by atoms with Gasteiger partial charge in [0.15, 0.2) is 17.2 Å². The van der Waals surface area contributed by atoms with Crippen LogP contribution in [0.2, 0.25) is 5.28 Å². The molecule has 4 heterocycles. The Hall–Kier alpha value is -4.51. The number of benzene rings is 2. The maximum atomic E-state index is 13.0. The zero-order valence-electron chi connectivity index (χ0n) is 24.1. The lowest BCUT2D eigenvalue weighted by molar-refractivity contribution is -0.192. The number of hydrogen-bond acceptors (Lipinski definition) is 12. The van der Waals surface area contributed by atoms with Crippen LogP contribution in [-0.2, 0) is 32.0 Å². The lowest BCUT2D eigenvalue weighted by Gasteiger charge is -2.38. The van der Waals surface area contributed by atoms with E-state index >= 15 is 0 Å². The number of carbonyl (C=O) groups is 2. The molecule has 6 rings (SSSR count). The number of carboxylic acids is 2. The average molecular weight is 667 g/mol. The number of imidazole rings is 1. The molecule has 3 aromatic heterocycles. The number of hydrogen-bond donors (Lipinski definition) is 5. The number of carboxylic acid groups (broad SMARTS) is 2. The van der Waals surface area contributed by atoms with E-state index in [0.29, 0.717) is 16.7 Å². The van der Waals surface area contributed by atoms with Crippen molar-refractivity contribution in [2.24, 2.45) is 0 Å². The molecule has 2 aromatic carbocycles. The van der Waals surface area contributed by atoms with Gasteiger partial charge in [-0.05, 0) is 41.3 Å². The van der Waals surface area contributed by atoms with Gasteiger partial charge in [-0.3, -0.25) is 4.57 Å². The van der Waals surface area contributed by atoms with Gasteiger partial charge in [-0.1, -0.05) is 42.5 Å². The van der Waals surface area contributed by atoms with E-state index in [1.165, 1.54) is 40.7 Å². The number of aromatic nitrogens is 5. The molecule has 0 spiro atoms. The summed E-state index contributed by atoms with van der Waals surface area (Å²) in [6.45, 7) is 0.426. The number of thiazole rings is 1. The van der Waals surface area contributed by atoms with Gasteiger partial charge in [-0.2, -0.15) is 9.97 Å². The van der Waals surface area contributed by atoms with Crippen molar-refractivity contribution in [2.45, 2.75) is 36.4 Å². The summed E-state index contributed by atoms with van der Waals surface area (Å²) in [7, 11) is 0. The van der Waals surface area contributed by atoms with Gasteiger partial charge in [-0.15, -0.1) is 11.3 Å². The molecule has 0 bridgehead atoms. The maximum Gasteiger partial charge on any atom is 0.342 e. The highest BCUT2D eigenvalue weighted by Gasteiger charge is 2.60. The standard InChI is InChI=1S/C30H27ClN6O8S/c1-28(42)21(44-13-30(28,43)37-14-33-22-23(32)35-27(31)36-24(22)37)11-45-29(26(40)41,20-12-46-15-34-20)10-16-6-8-17(9-7-16)18-4-2-3-5-19(18)25(38)39/h2-9,12,14-15,21,42-43H,10-11,13H2,1H3,(H,38,39)(H,40,41)(H2,32,35,36)/t21-,28-,29?,30-/m1/s1. The van der Waals surface area contributed by atoms with Gasteiger partial charge in [0.1, 0.15) is 17.2 Å². The van der Waals surface area contributed by atoms with Crippen molar-refractivity contribution in [3.8, 4) is 11.1 Å². The van der Waals surface area contributed by atoms with Crippen LogP contribution in [0.1, 0.15) is 28.5 Å². The number of ether oxygens (including phenoxy) is 2. The lowest BCUT2D eigenvalue weighted by Crippen LogP contribution is -2.57. The number of nitrogens with two attached hydrogens (primary N) is 1. The third kappa shape index (κ3) is 5.16. The Balaban J connectivity index is 1.29. The molecule has 0 amide bonds. The predicted octanol–water partition coefficient (Wildman–Crippen LogP) is 2.92. The van der Waals surface area contributed by atoms with E-state index in [0.717, 1.165) is 0 Å². The monoisotopic (exact) mass is 666 g/mol. The van der Waals surface area contributed by atoms with Crippen molar-refractivity contribution in [2.75, 3.05) is 18.9 Å². The number of rotatable bonds is 10. The summed E-state index contributed by atoms with van der Waals surface area (Å²) >= 11 is 7.17. The van der Waals surface area contributed by atoms with Crippen LogP contribution in [0.4, 0.5) is 5.82 Å². The van der Waals surface area contributed by atoms with Crippen LogP contribution in [0.15, 0.2) is 65.7 Å². The number of halogens is 1. The first kappa shape index (κ1) is 31.5. The summed E-state index contributed by atoms with van der Waals surface area (Å²) in [5.41, 5.74) is 3.35. The molecule has 0 radical (unpaired) electrons. The summed E-state index contributed by atoms with van der Waals surface area (Å²) < 4.78 is 13.1. The highest BCUT2D eigenvalue weighted by atomic mass is 35.5. The molecule has 1 aliphatic rings. The fourth-order valence-electron chi connectivity index (χ4n) is 5.58. The Labute approximate surface area is 269 Å². The number of aliphatic carboxylic acids is 1. The van der Waals surface area contributed by atoms with Crippen LogP contribution < -0.4 is 5.73 Å². The van der Waals surface area contributed by atoms with Gasteiger partial charge in [0, 0.05) is 11.8 Å². The van der Waals surface area contributed by atoms with Gasteiger partial charge in [-0.25, -0.2) is 19.6 Å². The third-order valence-corrected chi connectivity index (χ3v) is 9.02. The zero-order valence-corrected chi connectivity index (χ0v) is 25.6. The van der Waals surface area contributed by atoms with Gasteiger partial charge >= 0.3 is 11.9 Å². The number of aromatic carboxylic acids is 1. The smallest absolute Gasteiger partial charge is 0.342 e. The molecule has 46 heavy (non-hydrogen) atoms. The van der Waals surface area contributed by atoms with E-state index in [-0.39, 0.29) is 39.9 Å². The van der Waals surface area contributed by atoms with Crippen LogP contribution in [0.25, 0.3) is 22.3 Å². The van der Waals surface area contributed by atoms with Gasteiger partial charge in [0.2, 0.25) is 10.9 Å². The average Bonchev–Trinajstić information content (AvgIpc) is 3.76. The molecule has 1 fully saturated rings. The zero-order chi connectivity index (χ0) is 32.9. The van der Waals surface area contributed by atoms with E-state index in [9.17, 15) is 30.0 Å². The van der Waals surface area contributed by atoms with Crippen molar-refractivity contribution >= 4 is 51.9 Å². The van der Waals surface area contributed by atoms with Gasteiger partial charge in [0.25, 0.3) is 0 Å². The Morgan fingerprint density at radius 3 is 2.57 bits per heavy atom. The first-order valence-electron chi connectivity index (χ1n) is 13.8. The summed E-state index contributed by atoms with van der Waals surface area (Å²) in [5, 5.41) is 45.0. The SMILES string of the molecule is C[C@@]1(O)[C@@H](COC(Cc2ccc(-c3ccccc3C(=O)O)cc2)(C(=O)O)c2cscn2)OC[C@]1(O)n1cnc2c(N)nc(Cl)nc21. The molecule has 1 aliphatic heterocycles. The van der Waals surface area contributed by atoms with Gasteiger partial charge in [0.05, 0.1) is 36.3 Å². The second-order valence-electron chi connectivity index (χ2n) is 11.0.